The molecule has 2 aromatic carbocycles. The van der Waals surface area contributed by atoms with E-state index < -0.39 is 0 Å². The minimum Gasteiger partial charge on any atom is -0.491 e. The Morgan fingerprint density at radius 3 is 2.89 bits per heavy atom. The van der Waals surface area contributed by atoms with Crippen molar-refractivity contribution in [3.63, 3.8) is 0 Å². The number of aryl methyl sites for hydroxylation is 1. The maximum Gasteiger partial charge on any atom is 0.170 e. The molecule has 2 heterocycles. The molecule has 4 rings (SSSR count). The summed E-state index contributed by atoms with van der Waals surface area (Å²) in [6.07, 6.45) is 2.93. The summed E-state index contributed by atoms with van der Waals surface area (Å²) in [4.78, 5) is 2.38. The molecule has 1 aliphatic heterocycles. The van der Waals surface area contributed by atoms with E-state index >= 15 is 0 Å². The second-order valence-corrected chi connectivity index (χ2v) is 7.14. The van der Waals surface area contributed by atoms with E-state index in [-0.39, 0.29) is 5.82 Å². The smallest absolute Gasteiger partial charge is 0.170 e. The predicted octanol–water partition coefficient (Wildman–Crippen LogP) is 5.25. The van der Waals surface area contributed by atoms with Gasteiger partial charge in [0.05, 0.1) is 18.0 Å². The second-order valence-electron chi connectivity index (χ2n) is 7.14. The zero-order valence-electron chi connectivity index (χ0n) is 15.8. The number of hydrogen-bond donors (Lipinski definition) is 0. The topological polar surface area (TPSA) is 38.5 Å². The Hall–Kier alpha value is -2.56. The van der Waals surface area contributed by atoms with Crippen molar-refractivity contribution >= 4 is 16.7 Å². The zero-order chi connectivity index (χ0) is 18.8. The standard InChI is InChI=1S/C22H24FN2O2/c1-3-13-26-22-15(2)5-4-6-19(22)25-11-9-16(10-12-25)21-18-8-7-17(23)14-20(18)27-24-21/h4,6-8,14,16H,3,9-13H2,1-2H3. The molecule has 0 N–H and O–H groups in total. The largest absolute Gasteiger partial charge is 0.491 e. The van der Waals surface area contributed by atoms with Crippen molar-refractivity contribution in [2.45, 2.75) is 39.0 Å². The number of hydrogen-bond acceptors (Lipinski definition) is 4. The summed E-state index contributed by atoms with van der Waals surface area (Å²) in [6.45, 7) is 6.71. The highest BCUT2D eigenvalue weighted by Crippen LogP contribution is 2.38. The van der Waals surface area contributed by atoms with Gasteiger partial charge in [-0.05, 0) is 50.5 Å². The lowest BCUT2D eigenvalue weighted by molar-refractivity contribution is 0.314. The summed E-state index contributed by atoms with van der Waals surface area (Å²) >= 11 is 0. The molecule has 0 bridgehead atoms. The van der Waals surface area contributed by atoms with Crippen LogP contribution < -0.4 is 9.64 Å². The van der Waals surface area contributed by atoms with Crippen molar-refractivity contribution in [2.75, 3.05) is 24.6 Å². The lowest BCUT2D eigenvalue weighted by Crippen LogP contribution is -2.33. The molecule has 0 atom stereocenters. The Morgan fingerprint density at radius 1 is 1.30 bits per heavy atom. The van der Waals surface area contributed by atoms with E-state index in [0.29, 0.717) is 18.1 Å². The summed E-state index contributed by atoms with van der Waals surface area (Å²) in [7, 11) is 0. The van der Waals surface area contributed by atoms with Crippen LogP contribution >= 0.6 is 0 Å². The van der Waals surface area contributed by atoms with Gasteiger partial charge in [0.25, 0.3) is 0 Å². The van der Waals surface area contributed by atoms with Crippen LogP contribution in [0.2, 0.25) is 0 Å². The number of halogens is 1. The number of rotatable bonds is 5. The summed E-state index contributed by atoms with van der Waals surface area (Å²) in [5.41, 5.74) is 3.67. The average molecular weight is 367 g/mol. The van der Waals surface area contributed by atoms with Crippen LogP contribution in [0.5, 0.6) is 5.75 Å². The maximum absolute atomic E-state index is 13.4. The van der Waals surface area contributed by atoms with Crippen LogP contribution in [0.1, 0.15) is 43.4 Å². The molecule has 1 aliphatic rings. The van der Waals surface area contributed by atoms with Crippen LogP contribution in [0.3, 0.4) is 0 Å². The fourth-order valence-electron chi connectivity index (χ4n) is 3.83. The molecule has 0 saturated carbocycles. The van der Waals surface area contributed by atoms with Gasteiger partial charge in [0.15, 0.2) is 5.58 Å². The molecule has 0 spiro atoms. The first-order valence-corrected chi connectivity index (χ1v) is 9.61. The summed E-state index contributed by atoms with van der Waals surface area (Å²) in [5.74, 6) is 0.973. The van der Waals surface area contributed by atoms with E-state index in [1.807, 2.05) is 13.0 Å². The number of nitrogens with zero attached hydrogens (tertiary/aromatic N) is 2. The van der Waals surface area contributed by atoms with E-state index in [9.17, 15) is 4.39 Å². The van der Waals surface area contributed by atoms with Gasteiger partial charge < -0.3 is 14.2 Å². The highest BCUT2D eigenvalue weighted by Gasteiger charge is 2.26. The van der Waals surface area contributed by atoms with Crippen LogP contribution in [0, 0.1) is 18.8 Å². The Bertz CT molecular complexity index is 929. The highest BCUT2D eigenvalue weighted by atomic mass is 19.1. The van der Waals surface area contributed by atoms with Crippen LogP contribution in [0.25, 0.3) is 11.0 Å². The van der Waals surface area contributed by atoms with Crippen molar-refractivity contribution in [1.29, 1.82) is 0 Å². The summed E-state index contributed by atoms with van der Waals surface area (Å²) in [5, 5.41) is 5.16. The van der Waals surface area contributed by atoms with E-state index in [2.05, 4.69) is 29.1 Å². The van der Waals surface area contributed by atoms with Gasteiger partial charge in [-0.3, -0.25) is 0 Å². The molecular formula is C22H24FN2O2. The van der Waals surface area contributed by atoms with Crippen LogP contribution in [-0.2, 0) is 0 Å². The quantitative estimate of drug-likeness (QED) is 0.617. The van der Waals surface area contributed by atoms with Gasteiger partial charge in [0.2, 0.25) is 0 Å². The number of piperidine rings is 1. The molecule has 0 amide bonds. The summed E-state index contributed by atoms with van der Waals surface area (Å²) < 4.78 is 24.7. The van der Waals surface area contributed by atoms with Gasteiger partial charge in [0.1, 0.15) is 11.6 Å². The fraction of sp³-hybridized carbons (Fsp3) is 0.409. The number of fused-ring (bicyclic) bond motifs is 1. The summed E-state index contributed by atoms with van der Waals surface area (Å²) in [6, 6.07) is 11.9. The molecule has 0 unspecified atom stereocenters. The molecule has 27 heavy (non-hydrogen) atoms. The molecule has 1 aromatic heterocycles. The normalized spacial score (nSPS) is 15.4. The minimum atomic E-state index is -0.295. The molecule has 1 radical (unpaired) electrons. The third-order valence-corrected chi connectivity index (χ3v) is 5.25. The van der Waals surface area contributed by atoms with Gasteiger partial charge in [-0.1, -0.05) is 18.1 Å². The molecule has 5 heteroatoms. The van der Waals surface area contributed by atoms with Crippen LogP contribution in [-0.4, -0.2) is 24.9 Å². The zero-order valence-corrected chi connectivity index (χ0v) is 15.8. The van der Waals surface area contributed by atoms with Crippen molar-refractivity contribution in [1.82, 2.24) is 5.16 Å². The molecule has 0 aliphatic carbocycles. The molecule has 141 valence electrons. The van der Waals surface area contributed by atoms with Gasteiger partial charge in [-0.2, -0.15) is 0 Å². The Labute approximate surface area is 158 Å². The molecule has 1 fully saturated rings. The van der Waals surface area contributed by atoms with E-state index in [1.165, 1.54) is 12.1 Å². The molecule has 4 nitrogen and oxygen atoms in total. The average Bonchev–Trinajstić information content (AvgIpc) is 3.10. The molecular weight excluding hydrogens is 343 g/mol. The Morgan fingerprint density at radius 2 is 2.11 bits per heavy atom. The number of ether oxygens (including phenoxy) is 1. The minimum absolute atomic E-state index is 0.295. The molecule has 1 saturated heterocycles. The van der Waals surface area contributed by atoms with Crippen molar-refractivity contribution in [3.8, 4) is 5.75 Å². The Kier molecular flexibility index (Phi) is 5.01. The maximum atomic E-state index is 13.4. The van der Waals surface area contributed by atoms with Crippen molar-refractivity contribution in [2.24, 2.45) is 0 Å². The van der Waals surface area contributed by atoms with E-state index in [4.69, 9.17) is 9.26 Å². The lowest BCUT2D eigenvalue weighted by Gasteiger charge is -2.34. The van der Waals surface area contributed by atoms with Crippen LogP contribution in [0.4, 0.5) is 10.1 Å². The number of benzene rings is 2. The van der Waals surface area contributed by atoms with Gasteiger partial charge in [-0.25, -0.2) is 4.39 Å². The van der Waals surface area contributed by atoms with Crippen molar-refractivity contribution < 1.29 is 13.7 Å². The van der Waals surface area contributed by atoms with Gasteiger partial charge in [-0.15, -0.1) is 0 Å². The third kappa shape index (κ3) is 3.51. The monoisotopic (exact) mass is 367 g/mol. The first-order valence-electron chi connectivity index (χ1n) is 9.61. The van der Waals surface area contributed by atoms with Crippen molar-refractivity contribution in [3.05, 3.63) is 53.5 Å². The van der Waals surface area contributed by atoms with Gasteiger partial charge in [0, 0.05) is 36.0 Å². The molecule has 3 aromatic rings. The first-order chi connectivity index (χ1) is 13.2. The SMILES string of the molecule is CCCOc1c(C)[c]ccc1N1CCC(c2noc3cc(F)ccc23)CC1. The fourth-order valence-corrected chi connectivity index (χ4v) is 3.83. The number of anilines is 1. The predicted molar refractivity (Wildman–Crippen MR) is 104 cm³/mol. The number of aromatic nitrogens is 1. The lowest BCUT2D eigenvalue weighted by atomic mass is 9.91. The highest BCUT2D eigenvalue weighted by molar-refractivity contribution is 5.80. The Balaban J connectivity index is 1.51. The van der Waals surface area contributed by atoms with Crippen LogP contribution in [0.15, 0.2) is 34.9 Å². The first kappa shape index (κ1) is 17.8. The van der Waals surface area contributed by atoms with E-state index in [0.717, 1.165) is 60.4 Å². The van der Waals surface area contributed by atoms with Gasteiger partial charge >= 0.3 is 0 Å². The van der Waals surface area contributed by atoms with E-state index in [1.54, 1.807) is 6.07 Å². The second kappa shape index (κ2) is 7.59. The third-order valence-electron chi connectivity index (χ3n) is 5.25.